The molecule has 0 amide bonds. The van der Waals surface area contributed by atoms with Gasteiger partial charge in [-0.1, -0.05) is 0 Å². The Morgan fingerprint density at radius 2 is 2.33 bits per heavy atom. The summed E-state index contributed by atoms with van der Waals surface area (Å²) in [6.45, 7) is 1.86. The average molecular weight is 289 g/mol. The first-order valence-electron chi connectivity index (χ1n) is 6.85. The van der Waals surface area contributed by atoms with Crippen LogP contribution in [-0.2, 0) is 0 Å². The third-order valence-corrected chi connectivity index (χ3v) is 3.73. The summed E-state index contributed by atoms with van der Waals surface area (Å²) in [5, 5.41) is 10.1. The number of hydrogen-bond donors (Lipinski definition) is 3. The number of nitrogens with two attached hydrogens (primary N) is 1. The number of aromatic nitrogens is 4. The van der Waals surface area contributed by atoms with Crippen LogP contribution in [-0.4, -0.2) is 53.5 Å². The molecular weight excluding hydrogens is 270 g/mol. The van der Waals surface area contributed by atoms with Crippen LogP contribution in [0.15, 0.2) is 12.3 Å². The van der Waals surface area contributed by atoms with E-state index in [9.17, 15) is 0 Å². The Bertz CT molecular complexity index is 627. The van der Waals surface area contributed by atoms with Gasteiger partial charge in [-0.3, -0.25) is 5.10 Å². The van der Waals surface area contributed by atoms with Gasteiger partial charge in [-0.2, -0.15) is 10.1 Å². The van der Waals surface area contributed by atoms with Crippen molar-refractivity contribution >= 4 is 11.8 Å². The number of anilines is 2. The Labute approximate surface area is 122 Å². The molecule has 0 bridgehead atoms. The van der Waals surface area contributed by atoms with Crippen molar-refractivity contribution in [3.63, 3.8) is 0 Å². The van der Waals surface area contributed by atoms with E-state index >= 15 is 0 Å². The molecule has 3 heterocycles. The summed E-state index contributed by atoms with van der Waals surface area (Å²) in [6, 6.07) is 2.39. The highest BCUT2D eigenvalue weighted by molar-refractivity contribution is 5.66. The van der Waals surface area contributed by atoms with Crippen molar-refractivity contribution in [1.82, 2.24) is 25.5 Å². The van der Waals surface area contributed by atoms with E-state index in [1.54, 1.807) is 13.3 Å². The van der Waals surface area contributed by atoms with Crippen molar-refractivity contribution in [1.29, 1.82) is 0 Å². The molecule has 0 radical (unpaired) electrons. The van der Waals surface area contributed by atoms with Crippen molar-refractivity contribution in [3.8, 4) is 17.1 Å². The van der Waals surface area contributed by atoms with E-state index in [1.807, 2.05) is 13.1 Å². The van der Waals surface area contributed by atoms with Gasteiger partial charge in [-0.05, 0) is 13.5 Å². The number of nitrogens with one attached hydrogen (secondary N) is 2. The summed E-state index contributed by atoms with van der Waals surface area (Å²) < 4.78 is 5.26. The fourth-order valence-electron chi connectivity index (χ4n) is 2.56. The summed E-state index contributed by atoms with van der Waals surface area (Å²) in [4.78, 5) is 10.8. The van der Waals surface area contributed by atoms with E-state index in [-0.39, 0.29) is 5.95 Å². The van der Waals surface area contributed by atoms with Gasteiger partial charge in [-0.25, -0.2) is 4.98 Å². The van der Waals surface area contributed by atoms with Crippen molar-refractivity contribution in [2.45, 2.75) is 12.5 Å². The Hall–Kier alpha value is -2.35. The van der Waals surface area contributed by atoms with Gasteiger partial charge in [0, 0.05) is 25.2 Å². The molecular formula is C13H19N7O. The highest BCUT2D eigenvalue weighted by atomic mass is 16.5. The van der Waals surface area contributed by atoms with Crippen LogP contribution in [0, 0.1) is 0 Å². The molecule has 0 spiro atoms. The largest absolute Gasteiger partial charge is 0.493 e. The highest BCUT2D eigenvalue weighted by Crippen LogP contribution is 2.29. The number of hydrogen-bond acceptors (Lipinski definition) is 7. The molecule has 1 aliphatic rings. The van der Waals surface area contributed by atoms with Crippen molar-refractivity contribution in [3.05, 3.63) is 12.3 Å². The number of H-pyrrole nitrogens is 1. The smallest absolute Gasteiger partial charge is 0.222 e. The van der Waals surface area contributed by atoms with Crippen LogP contribution in [0.25, 0.3) is 11.4 Å². The quantitative estimate of drug-likeness (QED) is 0.741. The fourth-order valence-corrected chi connectivity index (χ4v) is 2.56. The molecule has 21 heavy (non-hydrogen) atoms. The lowest BCUT2D eigenvalue weighted by atomic mass is 10.2. The molecule has 0 saturated carbocycles. The van der Waals surface area contributed by atoms with Crippen LogP contribution < -0.4 is 20.7 Å². The summed E-state index contributed by atoms with van der Waals surface area (Å²) in [5.74, 6) is 1.70. The molecule has 1 atom stereocenters. The zero-order valence-electron chi connectivity index (χ0n) is 12.1. The molecule has 2 aromatic rings. The van der Waals surface area contributed by atoms with Crippen LogP contribution in [0.2, 0.25) is 0 Å². The first-order chi connectivity index (χ1) is 10.2. The first kappa shape index (κ1) is 13.6. The van der Waals surface area contributed by atoms with Crippen LogP contribution in [0.4, 0.5) is 11.8 Å². The van der Waals surface area contributed by atoms with Crippen LogP contribution in [0.5, 0.6) is 5.75 Å². The first-order valence-corrected chi connectivity index (χ1v) is 6.85. The van der Waals surface area contributed by atoms with E-state index in [0.717, 1.165) is 25.3 Å². The predicted octanol–water partition coefficient (Wildman–Crippen LogP) is 0.256. The zero-order valence-corrected chi connectivity index (χ0v) is 12.1. The lowest BCUT2D eigenvalue weighted by Crippen LogP contribution is -2.30. The number of methoxy groups -OCH3 is 1. The number of aromatic amines is 1. The minimum absolute atomic E-state index is 0.243. The van der Waals surface area contributed by atoms with Gasteiger partial charge in [0.05, 0.1) is 19.0 Å². The number of likely N-dealkylation sites (N-methyl/N-ethyl adjacent to an activating group) is 1. The van der Waals surface area contributed by atoms with Gasteiger partial charge >= 0.3 is 0 Å². The Balaban J connectivity index is 1.94. The maximum Gasteiger partial charge on any atom is 0.222 e. The van der Waals surface area contributed by atoms with E-state index in [4.69, 9.17) is 10.5 Å². The van der Waals surface area contributed by atoms with Gasteiger partial charge in [0.2, 0.25) is 5.95 Å². The monoisotopic (exact) mass is 289 g/mol. The standard InChI is InChI=1S/C13H19N7O/c1-15-8-3-4-20(7-8)11-5-9(17-13(14)18-11)12-10(21-2)6-16-19-12/h5-6,8,15H,3-4,7H2,1-2H3,(H,16,19)(H2,14,17,18). The lowest BCUT2D eigenvalue weighted by Gasteiger charge is -2.18. The van der Waals surface area contributed by atoms with Crippen LogP contribution >= 0.6 is 0 Å². The SMILES string of the molecule is CNC1CCN(c2cc(-c3[nH]ncc3OC)nc(N)n2)C1. The predicted molar refractivity (Wildman–Crippen MR) is 80.3 cm³/mol. The van der Waals surface area contributed by atoms with Gasteiger partial charge in [0.25, 0.3) is 0 Å². The molecule has 0 aliphatic carbocycles. The normalized spacial score (nSPS) is 18.2. The highest BCUT2D eigenvalue weighted by Gasteiger charge is 2.23. The summed E-state index contributed by atoms with van der Waals surface area (Å²) in [7, 11) is 3.57. The molecule has 1 unspecified atom stereocenters. The number of ether oxygens (including phenoxy) is 1. The average Bonchev–Trinajstić information content (AvgIpc) is 3.15. The minimum atomic E-state index is 0.243. The molecule has 1 saturated heterocycles. The molecule has 4 N–H and O–H groups in total. The van der Waals surface area contributed by atoms with Crippen molar-refractivity contribution in [2.24, 2.45) is 0 Å². The van der Waals surface area contributed by atoms with Crippen molar-refractivity contribution in [2.75, 3.05) is 37.9 Å². The third kappa shape index (κ3) is 2.62. The molecule has 2 aromatic heterocycles. The molecule has 1 aliphatic heterocycles. The second-order valence-corrected chi connectivity index (χ2v) is 5.00. The Kier molecular flexibility index (Phi) is 3.61. The topological polar surface area (TPSA) is 105 Å². The summed E-state index contributed by atoms with van der Waals surface area (Å²) >= 11 is 0. The molecule has 8 nitrogen and oxygen atoms in total. The summed E-state index contributed by atoms with van der Waals surface area (Å²) in [5.41, 5.74) is 7.24. The van der Waals surface area contributed by atoms with Gasteiger partial charge in [0.1, 0.15) is 11.5 Å². The second kappa shape index (κ2) is 5.57. The minimum Gasteiger partial charge on any atom is -0.493 e. The Morgan fingerprint density at radius 3 is 3.05 bits per heavy atom. The number of rotatable bonds is 4. The molecule has 112 valence electrons. The second-order valence-electron chi connectivity index (χ2n) is 5.00. The maximum absolute atomic E-state index is 5.85. The Morgan fingerprint density at radius 1 is 1.48 bits per heavy atom. The van der Waals surface area contributed by atoms with Crippen molar-refractivity contribution < 1.29 is 4.74 Å². The lowest BCUT2D eigenvalue weighted by molar-refractivity contribution is 0.416. The molecule has 0 aromatic carbocycles. The van der Waals surface area contributed by atoms with E-state index < -0.39 is 0 Å². The zero-order chi connectivity index (χ0) is 14.8. The van der Waals surface area contributed by atoms with E-state index in [0.29, 0.717) is 23.2 Å². The van der Waals surface area contributed by atoms with Crippen LogP contribution in [0.1, 0.15) is 6.42 Å². The fraction of sp³-hybridized carbons (Fsp3) is 0.462. The van der Waals surface area contributed by atoms with E-state index in [1.165, 1.54) is 0 Å². The van der Waals surface area contributed by atoms with Gasteiger partial charge in [-0.15, -0.1) is 0 Å². The number of nitrogens with zero attached hydrogens (tertiary/aromatic N) is 4. The van der Waals surface area contributed by atoms with Crippen LogP contribution in [0.3, 0.4) is 0 Å². The maximum atomic E-state index is 5.85. The van der Waals surface area contributed by atoms with E-state index in [2.05, 4.69) is 30.4 Å². The number of nitrogen functional groups attached to an aromatic ring is 1. The third-order valence-electron chi connectivity index (χ3n) is 3.73. The van der Waals surface area contributed by atoms with Gasteiger partial charge < -0.3 is 20.7 Å². The summed E-state index contributed by atoms with van der Waals surface area (Å²) in [6.07, 6.45) is 2.70. The molecule has 3 rings (SSSR count). The molecule has 8 heteroatoms. The van der Waals surface area contributed by atoms with Gasteiger partial charge in [0.15, 0.2) is 5.75 Å². The molecule has 1 fully saturated rings.